The van der Waals surface area contributed by atoms with Crippen LogP contribution in [-0.4, -0.2) is 12.6 Å². The normalized spacial score (nSPS) is 18.6. The van der Waals surface area contributed by atoms with Crippen LogP contribution in [0.4, 0.5) is 0 Å². The van der Waals surface area contributed by atoms with Gasteiger partial charge in [0.2, 0.25) is 0 Å². The first kappa shape index (κ1) is 16.5. The molecule has 0 amide bonds. The zero-order chi connectivity index (χ0) is 15.1. The molecule has 1 aromatic carbocycles. The van der Waals surface area contributed by atoms with Crippen molar-refractivity contribution in [3.8, 4) is 0 Å². The van der Waals surface area contributed by atoms with Gasteiger partial charge in [-0.3, -0.25) is 0 Å². The highest BCUT2D eigenvalue weighted by atomic mass is 14.9. The first-order valence-corrected chi connectivity index (χ1v) is 8.93. The zero-order valence-corrected chi connectivity index (χ0v) is 14.2. The van der Waals surface area contributed by atoms with Crippen molar-refractivity contribution in [2.75, 3.05) is 6.54 Å². The molecule has 1 aromatic rings. The second kappa shape index (κ2) is 7.98. The molecule has 0 aliphatic heterocycles. The maximum atomic E-state index is 3.86. The molecule has 1 nitrogen and oxygen atoms in total. The molecule has 1 unspecified atom stereocenters. The van der Waals surface area contributed by atoms with E-state index in [0.717, 1.165) is 12.5 Å². The van der Waals surface area contributed by atoms with Crippen LogP contribution >= 0.6 is 0 Å². The van der Waals surface area contributed by atoms with Crippen LogP contribution in [0, 0.1) is 5.92 Å². The largest absolute Gasteiger partial charge is 0.313 e. The van der Waals surface area contributed by atoms with Gasteiger partial charge in [-0.05, 0) is 30.9 Å². The van der Waals surface area contributed by atoms with E-state index in [1.807, 2.05) is 0 Å². The first-order chi connectivity index (χ1) is 10.1. The van der Waals surface area contributed by atoms with Crippen LogP contribution < -0.4 is 5.32 Å². The highest BCUT2D eigenvalue weighted by molar-refractivity contribution is 5.25. The Labute approximate surface area is 131 Å². The zero-order valence-electron chi connectivity index (χ0n) is 14.2. The van der Waals surface area contributed by atoms with Crippen molar-refractivity contribution < 1.29 is 0 Å². The summed E-state index contributed by atoms with van der Waals surface area (Å²) in [5, 5.41) is 3.86. The molecule has 0 saturated heterocycles. The molecule has 1 aliphatic carbocycles. The third-order valence-corrected chi connectivity index (χ3v) is 5.32. The molecule has 0 bridgehead atoms. The average molecular weight is 287 g/mol. The van der Waals surface area contributed by atoms with Crippen LogP contribution in [0.25, 0.3) is 0 Å². The molecule has 1 aliphatic rings. The van der Waals surface area contributed by atoms with E-state index in [1.165, 1.54) is 50.5 Å². The molecule has 1 N–H and O–H groups in total. The Balaban J connectivity index is 2.09. The Morgan fingerprint density at radius 1 is 1.10 bits per heavy atom. The lowest BCUT2D eigenvalue weighted by atomic mass is 9.72. The highest BCUT2D eigenvalue weighted by Crippen LogP contribution is 2.34. The summed E-state index contributed by atoms with van der Waals surface area (Å²) in [4.78, 5) is 0. The van der Waals surface area contributed by atoms with Crippen molar-refractivity contribution >= 4 is 0 Å². The lowest BCUT2D eigenvalue weighted by Gasteiger charge is -2.38. The monoisotopic (exact) mass is 287 g/mol. The van der Waals surface area contributed by atoms with Gasteiger partial charge in [0, 0.05) is 11.5 Å². The smallest absolute Gasteiger partial charge is 0.0161 e. The molecule has 118 valence electrons. The summed E-state index contributed by atoms with van der Waals surface area (Å²) in [6.07, 6.45) is 9.76. The fourth-order valence-corrected chi connectivity index (χ4v) is 3.78. The Morgan fingerprint density at radius 2 is 1.76 bits per heavy atom. The Hall–Kier alpha value is -0.820. The number of nitrogens with one attached hydrogen (secondary N) is 1. The van der Waals surface area contributed by atoms with Gasteiger partial charge in [0.25, 0.3) is 0 Å². The molecule has 0 radical (unpaired) electrons. The van der Waals surface area contributed by atoms with Gasteiger partial charge in [0.1, 0.15) is 0 Å². The van der Waals surface area contributed by atoms with Crippen molar-refractivity contribution in [3.05, 3.63) is 35.9 Å². The average Bonchev–Trinajstić information content (AvgIpc) is 2.53. The van der Waals surface area contributed by atoms with Crippen molar-refractivity contribution in [2.24, 2.45) is 5.92 Å². The predicted octanol–water partition coefficient (Wildman–Crippen LogP) is 5.30. The molecule has 1 heteroatoms. The molecule has 2 rings (SSSR count). The summed E-state index contributed by atoms with van der Waals surface area (Å²) in [6.45, 7) is 8.23. The lowest BCUT2D eigenvalue weighted by molar-refractivity contribution is 0.241. The maximum absolute atomic E-state index is 3.86. The van der Waals surface area contributed by atoms with Gasteiger partial charge in [-0.1, -0.05) is 83.2 Å². The molecule has 21 heavy (non-hydrogen) atoms. The van der Waals surface area contributed by atoms with Crippen LogP contribution in [0.3, 0.4) is 0 Å². The maximum Gasteiger partial charge on any atom is 0.0161 e. The summed E-state index contributed by atoms with van der Waals surface area (Å²) in [7, 11) is 0. The standard InChI is InChI=1S/C20H33N/c1-4-15-21-19(16-17-11-7-5-8-12-17)20(2,3)18-13-9-6-10-14-18/h6,9-10,13-14,17,19,21H,4-5,7-8,11-12,15-16H2,1-3H3. The second-order valence-corrected chi connectivity index (χ2v) is 7.33. The molecule has 1 atom stereocenters. The van der Waals surface area contributed by atoms with Gasteiger partial charge < -0.3 is 5.32 Å². The summed E-state index contributed by atoms with van der Waals surface area (Å²) >= 11 is 0. The lowest BCUT2D eigenvalue weighted by Crippen LogP contribution is -2.46. The SMILES string of the molecule is CCCNC(CC1CCCCC1)C(C)(C)c1ccccc1. The quantitative estimate of drug-likeness (QED) is 0.717. The van der Waals surface area contributed by atoms with Crippen LogP contribution in [-0.2, 0) is 5.41 Å². The molecule has 0 spiro atoms. The summed E-state index contributed by atoms with van der Waals surface area (Å²) in [5.74, 6) is 0.927. The molecular weight excluding hydrogens is 254 g/mol. The van der Waals surface area contributed by atoms with E-state index < -0.39 is 0 Å². The van der Waals surface area contributed by atoms with Gasteiger partial charge in [-0.15, -0.1) is 0 Å². The van der Waals surface area contributed by atoms with Gasteiger partial charge in [-0.2, -0.15) is 0 Å². The van der Waals surface area contributed by atoms with Crippen molar-refractivity contribution in [3.63, 3.8) is 0 Å². The Bertz CT molecular complexity index is 390. The van der Waals surface area contributed by atoms with Crippen LogP contribution in [0.2, 0.25) is 0 Å². The number of rotatable bonds is 7. The van der Waals surface area contributed by atoms with E-state index in [9.17, 15) is 0 Å². The van der Waals surface area contributed by atoms with Gasteiger partial charge in [0.15, 0.2) is 0 Å². The minimum Gasteiger partial charge on any atom is -0.313 e. The minimum absolute atomic E-state index is 0.202. The molecule has 0 heterocycles. The van der Waals surface area contributed by atoms with Gasteiger partial charge in [-0.25, -0.2) is 0 Å². The molecule has 0 aromatic heterocycles. The topological polar surface area (TPSA) is 12.0 Å². The molecule has 1 saturated carbocycles. The van der Waals surface area contributed by atoms with Crippen molar-refractivity contribution in [1.82, 2.24) is 5.32 Å². The third kappa shape index (κ3) is 4.57. The number of hydrogen-bond acceptors (Lipinski definition) is 1. The van der Waals surface area contributed by atoms with E-state index in [0.29, 0.717) is 6.04 Å². The fraction of sp³-hybridized carbons (Fsp3) is 0.700. The molecule has 1 fully saturated rings. The summed E-state index contributed by atoms with van der Waals surface area (Å²) in [6, 6.07) is 11.6. The summed E-state index contributed by atoms with van der Waals surface area (Å²) < 4.78 is 0. The van der Waals surface area contributed by atoms with E-state index in [4.69, 9.17) is 0 Å². The van der Waals surface area contributed by atoms with E-state index in [2.05, 4.69) is 56.4 Å². The second-order valence-electron chi connectivity index (χ2n) is 7.33. The minimum atomic E-state index is 0.202. The summed E-state index contributed by atoms with van der Waals surface area (Å²) in [5.41, 5.74) is 1.67. The highest BCUT2D eigenvalue weighted by Gasteiger charge is 2.32. The molecular formula is C20H33N. The van der Waals surface area contributed by atoms with E-state index in [-0.39, 0.29) is 5.41 Å². The van der Waals surface area contributed by atoms with Crippen LogP contribution in [0.15, 0.2) is 30.3 Å². The van der Waals surface area contributed by atoms with Gasteiger partial charge >= 0.3 is 0 Å². The van der Waals surface area contributed by atoms with Crippen LogP contribution in [0.5, 0.6) is 0 Å². The van der Waals surface area contributed by atoms with Crippen LogP contribution in [0.1, 0.15) is 71.3 Å². The third-order valence-electron chi connectivity index (χ3n) is 5.32. The number of benzene rings is 1. The fourth-order valence-electron chi connectivity index (χ4n) is 3.78. The van der Waals surface area contributed by atoms with Gasteiger partial charge in [0.05, 0.1) is 0 Å². The first-order valence-electron chi connectivity index (χ1n) is 8.93. The number of hydrogen-bond donors (Lipinski definition) is 1. The van der Waals surface area contributed by atoms with Crippen molar-refractivity contribution in [2.45, 2.75) is 77.2 Å². The van der Waals surface area contributed by atoms with Crippen molar-refractivity contribution in [1.29, 1.82) is 0 Å². The Morgan fingerprint density at radius 3 is 2.38 bits per heavy atom. The van der Waals surface area contributed by atoms with E-state index in [1.54, 1.807) is 0 Å². The predicted molar refractivity (Wildman–Crippen MR) is 92.7 cm³/mol. The Kier molecular flexibility index (Phi) is 6.29. The van der Waals surface area contributed by atoms with E-state index >= 15 is 0 Å².